The van der Waals surface area contributed by atoms with Crippen molar-refractivity contribution in [3.8, 4) is 0 Å². The molecule has 0 amide bonds. The number of benzene rings is 1. The molecule has 1 aromatic rings. The highest BCUT2D eigenvalue weighted by atomic mass is 16.7. The molecule has 0 aliphatic carbocycles. The van der Waals surface area contributed by atoms with Gasteiger partial charge in [-0.3, -0.25) is 0 Å². The van der Waals surface area contributed by atoms with Crippen LogP contribution in [0.3, 0.4) is 0 Å². The molecule has 2 rings (SSSR count). The summed E-state index contributed by atoms with van der Waals surface area (Å²) in [7, 11) is 1.29. The molecule has 6 heteroatoms. The molecule has 0 N–H and O–H groups in total. The zero-order valence-corrected chi connectivity index (χ0v) is 10.6. The van der Waals surface area contributed by atoms with Crippen LogP contribution in [0.2, 0.25) is 0 Å². The summed E-state index contributed by atoms with van der Waals surface area (Å²) in [5, 5.41) is 1.55. The molecule has 19 heavy (non-hydrogen) atoms. The first-order chi connectivity index (χ1) is 9.20. The van der Waals surface area contributed by atoms with E-state index in [0.29, 0.717) is 37.4 Å². The first-order valence-corrected chi connectivity index (χ1v) is 5.94. The van der Waals surface area contributed by atoms with Crippen molar-refractivity contribution in [3.05, 3.63) is 35.4 Å². The van der Waals surface area contributed by atoms with Gasteiger partial charge in [-0.25, -0.2) is 9.59 Å². The molecule has 1 heterocycles. The quantitative estimate of drug-likeness (QED) is 0.756. The summed E-state index contributed by atoms with van der Waals surface area (Å²) >= 11 is 0. The van der Waals surface area contributed by atoms with Crippen LogP contribution in [0.25, 0.3) is 0 Å². The Balaban J connectivity index is 2.04. The van der Waals surface area contributed by atoms with E-state index in [4.69, 9.17) is 9.57 Å². The van der Waals surface area contributed by atoms with E-state index in [9.17, 15) is 9.59 Å². The Morgan fingerprint density at radius 2 is 1.79 bits per heavy atom. The summed E-state index contributed by atoms with van der Waals surface area (Å²) in [5.41, 5.74) is 0.633. The number of carbonyl (C=O) groups excluding carboxylic acids is 2. The minimum absolute atomic E-state index is 0.314. The van der Waals surface area contributed by atoms with Crippen molar-refractivity contribution >= 4 is 11.9 Å². The van der Waals surface area contributed by atoms with Crippen LogP contribution >= 0.6 is 0 Å². The van der Waals surface area contributed by atoms with Crippen LogP contribution in [0.15, 0.2) is 24.3 Å². The number of methoxy groups -OCH3 is 1. The van der Waals surface area contributed by atoms with Crippen molar-refractivity contribution in [2.45, 2.75) is 0 Å². The molecule has 0 bridgehead atoms. The second-order valence-corrected chi connectivity index (χ2v) is 3.99. The van der Waals surface area contributed by atoms with Crippen molar-refractivity contribution in [3.63, 3.8) is 0 Å². The first kappa shape index (κ1) is 13.5. The number of hydrogen-bond donors (Lipinski definition) is 0. The van der Waals surface area contributed by atoms with Crippen molar-refractivity contribution < 1.29 is 23.9 Å². The summed E-state index contributed by atoms with van der Waals surface area (Å²) in [5.74, 6) is -0.978. The molecule has 1 aromatic carbocycles. The molecular weight excluding hydrogens is 250 g/mol. The summed E-state index contributed by atoms with van der Waals surface area (Å²) in [4.78, 5) is 28.5. The zero-order chi connectivity index (χ0) is 13.7. The maximum Gasteiger partial charge on any atom is 0.357 e. The summed E-state index contributed by atoms with van der Waals surface area (Å²) in [6, 6.07) is 6.24. The minimum Gasteiger partial charge on any atom is -0.465 e. The van der Waals surface area contributed by atoms with Crippen molar-refractivity contribution in [1.29, 1.82) is 0 Å². The van der Waals surface area contributed by atoms with Gasteiger partial charge in [0.05, 0.1) is 44.5 Å². The van der Waals surface area contributed by atoms with Gasteiger partial charge in [0.25, 0.3) is 0 Å². The van der Waals surface area contributed by atoms with Crippen molar-refractivity contribution in [2.24, 2.45) is 0 Å². The number of morpholine rings is 1. The van der Waals surface area contributed by atoms with Gasteiger partial charge in [-0.05, 0) is 18.2 Å². The van der Waals surface area contributed by atoms with E-state index in [0.717, 1.165) is 0 Å². The van der Waals surface area contributed by atoms with Gasteiger partial charge in [-0.1, -0.05) is 6.07 Å². The molecule has 0 unspecified atom stereocenters. The summed E-state index contributed by atoms with van der Waals surface area (Å²) < 4.78 is 9.76. The molecule has 0 atom stereocenters. The summed E-state index contributed by atoms with van der Waals surface area (Å²) in [6.07, 6.45) is 0. The smallest absolute Gasteiger partial charge is 0.357 e. The fourth-order valence-corrected chi connectivity index (χ4v) is 1.70. The average Bonchev–Trinajstić information content (AvgIpc) is 2.47. The third-order valence-corrected chi connectivity index (χ3v) is 2.70. The van der Waals surface area contributed by atoms with Gasteiger partial charge in [-0.2, -0.15) is 0 Å². The Labute approximate surface area is 110 Å². The molecule has 0 spiro atoms. The van der Waals surface area contributed by atoms with E-state index in [-0.39, 0.29) is 0 Å². The Morgan fingerprint density at radius 1 is 1.16 bits per heavy atom. The lowest BCUT2D eigenvalue weighted by Gasteiger charge is -2.24. The maximum atomic E-state index is 11.9. The number of hydroxylamine groups is 2. The molecule has 1 saturated heterocycles. The predicted octanol–water partition coefficient (Wildman–Crippen LogP) is 0.877. The van der Waals surface area contributed by atoms with Crippen LogP contribution in [-0.4, -0.2) is 50.4 Å². The van der Waals surface area contributed by atoms with Crippen molar-refractivity contribution in [1.82, 2.24) is 5.06 Å². The van der Waals surface area contributed by atoms with Crippen LogP contribution < -0.4 is 0 Å². The fourth-order valence-electron chi connectivity index (χ4n) is 1.70. The van der Waals surface area contributed by atoms with E-state index in [2.05, 4.69) is 4.74 Å². The molecule has 102 valence electrons. The number of ether oxygens (including phenoxy) is 2. The van der Waals surface area contributed by atoms with Gasteiger partial charge < -0.3 is 14.3 Å². The Hall–Kier alpha value is -1.92. The SMILES string of the molecule is COC(=O)c1cccc(C(=O)ON2CCOCC2)c1. The van der Waals surface area contributed by atoms with E-state index < -0.39 is 11.9 Å². The second-order valence-electron chi connectivity index (χ2n) is 3.99. The lowest BCUT2D eigenvalue weighted by atomic mass is 10.1. The van der Waals surface area contributed by atoms with E-state index in [1.165, 1.54) is 13.2 Å². The third-order valence-electron chi connectivity index (χ3n) is 2.70. The number of hydrogen-bond acceptors (Lipinski definition) is 6. The average molecular weight is 265 g/mol. The van der Waals surface area contributed by atoms with Crippen molar-refractivity contribution in [2.75, 3.05) is 33.4 Å². The van der Waals surface area contributed by atoms with Crippen LogP contribution in [0.4, 0.5) is 0 Å². The number of carbonyl (C=O) groups is 2. The molecule has 1 aliphatic rings. The van der Waals surface area contributed by atoms with Crippen LogP contribution in [0.5, 0.6) is 0 Å². The fraction of sp³-hybridized carbons (Fsp3) is 0.385. The number of esters is 1. The molecule has 6 nitrogen and oxygen atoms in total. The van der Waals surface area contributed by atoms with Crippen LogP contribution in [0.1, 0.15) is 20.7 Å². The topological polar surface area (TPSA) is 65.1 Å². The molecule has 0 radical (unpaired) electrons. The van der Waals surface area contributed by atoms with Gasteiger partial charge in [-0.15, -0.1) is 5.06 Å². The lowest BCUT2D eigenvalue weighted by molar-refractivity contribution is -0.150. The highest BCUT2D eigenvalue weighted by Gasteiger charge is 2.17. The largest absolute Gasteiger partial charge is 0.465 e. The molecule has 0 aromatic heterocycles. The monoisotopic (exact) mass is 265 g/mol. The Morgan fingerprint density at radius 3 is 2.42 bits per heavy atom. The lowest BCUT2D eigenvalue weighted by Crippen LogP contribution is -2.37. The molecule has 1 aliphatic heterocycles. The zero-order valence-electron chi connectivity index (χ0n) is 10.6. The van der Waals surface area contributed by atoms with E-state index in [1.807, 2.05) is 0 Å². The second kappa shape index (κ2) is 6.31. The highest BCUT2D eigenvalue weighted by molar-refractivity contribution is 5.95. The van der Waals surface area contributed by atoms with Gasteiger partial charge in [0.1, 0.15) is 0 Å². The van der Waals surface area contributed by atoms with E-state index in [1.54, 1.807) is 23.3 Å². The van der Waals surface area contributed by atoms with E-state index >= 15 is 0 Å². The normalized spacial score (nSPS) is 15.8. The molecule has 1 fully saturated rings. The Kier molecular flexibility index (Phi) is 4.48. The first-order valence-electron chi connectivity index (χ1n) is 5.94. The van der Waals surface area contributed by atoms with Gasteiger partial charge >= 0.3 is 11.9 Å². The highest BCUT2D eigenvalue weighted by Crippen LogP contribution is 2.10. The van der Waals surface area contributed by atoms with Gasteiger partial charge in [0, 0.05) is 0 Å². The standard InChI is InChI=1S/C13H15NO5/c1-17-12(15)10-3-2-4-11(9-10)13(16)19-14-5-7-18-8-6-14/h2-4,9H,5-8H2,1H3. The number of nitrogens with zero attached hydrogens (tertiary/aromatic N) is 1. The van der Waals surface area contributed by atoms with Crippen LogP contribution in [0, 0.1) is 0 Å². The minimum atomic E-state index is -0.493. The number of rotatable bonds is 3. The molecular formula is C13H15NO5. The maximum absolute atomic E-state index is 11.9. The van der Waals surface area contributed by atoms with Gasteiger partial charge in [0.2, 0.25) is 0 Å². The molecule has 0 saturated carbocycles. The van der Waals surface area contributed by atoms with Gasteiger partial charge in [0.15, 0.2) is 0 Å². The third kappa shape index (κ3) is 3.52. The van der Waals surface area contributed by atoms with Crippen LogP contribution in [-0.2, 0) is 14.3 Å². The Bertz CT molecular complexity index is 468. The summed E-state index contributed by atoms with van der Waals surface area (Å²) in [6.45, 7) is 2.16. The predicted molar refractivity (Wildman–Crippen MR) is 65.6 cm³/mol.